The van der Waals surface area contributed by atoms with Gasteiger partial charge in [0.05, 0.1) is 6.54 Å². The largest absolute Gasteiger partial charge is 0.336 e. The lowest BCUT2D eigenvalue weighted by Crippen LogP contribution is -2.51. The SMILES string of the molecule is CC1CCCC(C)N1C(=O)CN1CCCN(Cc2ccc(F)cc2)CC1. The van der Waals surface area contributed by atoms with Crippen LogP contribution in [0.1, 0.15) is 45.1 Å². The van der Waals surface area contributed by atoms with Gasteiger partial charge in [-0.25, -0.2) is 4.39 Å². The maximum absolute atomic E-state index is 13.1. The molecule has 0 saturated carbocycles. The fourth-order valence-electron chi connectivity index (χ4n) is 4.37. The third-order valence-corrected chi connectivity index (χ3v) is 5.84. The second kappa shape index (κ2) is 8.96. The highest BCUT2D eigenvalue weighted by molar-refractivity contribution is 5.79. The molecule has 0 aromatic heterocycles. The molecule has 2 aliphatic rings. The van der Waals surface area contributed by atoms with Gasteiger partial charge in [0, 0.05) is 31.7 Å². The van der Waals surface area contributed by atoms with Crippen LogP contribution in [0.25, 0.3) is 0 Å². The lowest BCUT2D eigenvalue weighted by molar-refractivity contribution is -0.138. The molecule has 1 aromatic carbocycles. The van der Waals surface area contributed by atoms with Crippen LogP contribution in [0.5, 0.6) is 0 Å². The average molecular weight is 362 g/mol. The third kappa shape index (κ3) is 5.04. The Morgan fingerprint density at radius 1 is 0.962 bits per heavy atom. The van der Waals surface area contributed by atoms with Crippen molar-refractivity contribution in [3.63, 3.8) is 0 Å². The van der Waals surface area contributed by atoms with E-state index in [4.69, 9.17) is 0 Å². The van der Waals surface area contributed by atoms with Gasteiger partial charge in [-0.2, -0.15) is 0 Å². The first-order valence-electron chi connectivity index (χ1n) is 10.0. The molecule has 0 aliphatic carbocycles. The van der Waals surface area contributed by atoms with Gasteiger partial charge in [-0.05, 0) is 70.3 Å². The topological polar surface area (TPSA) is 26.8 Å². The van der Waals surface area contributed by atoms with Crippen LogP contribution >= 0.6 is 0 Å². The van der Waals surface area contributed by atoms with Gasteiger partial charge in [0.25, 0.3) is 0 Å². The minimum absolute atomic E-state index is 0.185. The van der Waals surface area contributed by atoms with E-state index in [2.05, 4.69) is 28.5 Å². The summed E-state index contributed by atoms with van der Waals surface area (Å²) in [5.74, 6) is 0.104. The first-order chi connectivity index (χ1) is 12.5. The first kappa shape index (κ1) is 19.3. The zero-order valence-electron chi connectivity index (χ0n) is 16.2. The van der Waals surface area contributed by atoms with Gasteiger partial charge in [0.2, 0.25) is 5.91 Å². The highest BCUT2D eigenvalue weighted by atomic mass is 19.1. The molecule has 2 unspecified atom stereocenters. The van der Waals surface area contributed by atoms with Gasteiger partial charge in [-0.1, -0.05) is 12.1 Å². The number of amides is 1. The zero-order valence-corrected chi connectivity index (χ0v) is 16.2. The van der Waals surface area contributed by atoms with E-state index in [1.54, 1.807) is 0 Å². The highest BCUT2D eigenvalue weighted by Crippen LogP contribution is 2.23. The summed E-state index contributed by atoms with van der Waals surface area (Å²) in [6.07, 6.45) is 4.55. The van der Waals surface area contributed by atoms with E-state index in [0.717, 1.165) is 57.5 Å². The Bertz CT molecular complexity index is 581. The fraction of sp³-hybridized carbons (Fsp3) is 0.667. The lowest BCUT2D eigenvalue weighted by atomic mass is 9.97. The van der Waals surface area contributed by atoms with E-state index < -0.39 is 0 Å². The van der Waals surface area contributed by atoms with Crippen LogP contribution in [0, 0.1) is 5.82 Å². The molecule has 2 atom stereocenters. The number of rotatable bonds is 4. The Labute approximate surface area is 157 Å². The highest BCUT2D eigenvalue weighted by Gasteiger charge is 2.30. The predicted molar refractivity (Wildman–Crippen MR) is 102 cm³/mol. The maximum Gasteiger partial charge on any atom is 0.237 e. The van der Waals surface area contributed by atoms with E-state index in [9.17, 15) is 9.18 Å². The van der Waals surface area contributed by atoms with Crippen molar-refractivity contribution in [3.05, 3.63) is 35.6 Å². The molecule has 1 amide bonds. The normalized spacial score (nSPS) is 25.9. The van der Waals surface area contributed by atoms with Gasteiger partial charge in [0.1, 0.15) is 5.82 Å². The van der Waals surface area contributed by atoms with Crippen LogP contribution in [0.3, 0.4) is 0 Å². The third-order valence-electron chi connectivity index (χ3n) is 5.84. The number of carbonyl (C=O) groups is 1. The standard InChI is InChI=1S/C21H32FN3O/c1-17-5-3-6-18(2)25(17)21(26)16-24-12-4-11-23(13-14-24)15-19-7-9-20(22)10-8-19/h7-10,17-18H,3-6,11-16H2,1-2H3. The molecule has 5 heteroatoms. The fourth-order valence-corrected chi connectivity index (χ4v) is 4.37. The van der Waals surface area contributed by atoms with Crippen molar-refractivity contribution in [2.24, 2.45) is 0 Å². The van der Waals surface area contributed by atoms with Crippen LogP contribution in [-0.4, -0.2) is 65.4 Å². The molecule has 2 fully saturated rings. The summed E-state index contributed by atoms with van der Waals surface area (Å²) in [6, 6.07) is 7.51. The van der Waals surface area contributed by atoms with Crippen molar-refractivity contribution in [1.29, 1.82) is 0 Å². The Kier molecular flexibility index (Phi) is 6.65. The molecule has 26 heavy (non-hydrogen) atoms. The predicted octanol–water partition coefficient (Wildman–Crippen LogP) is 3.12. The van der Waals surface area contributed by atoms with E-state index >= 15 is 0 Å². The molecule has 2 aliphatic heterocycles. The minimum atomic E-state index is -0.185. The van der Waals surface area contributed by atoms with E-state index in [0.29, 0.717) is 18.6 Å². The lowest BCUT2D eigenvalue weighted by Gasteiger charge is -2.40. The van der Waals surface area contributed by atoms with Crippen molar-refractivity contribution in [2.45, 2.75) is 58.2 Å². The second-order valence-corrected chi connectivity index (χ2v) is 7.96. The average Bonchev–Trinajstić information content (AvgIpc) is 2.82. The molecule has 144 valence electrons. The van der Waals surface area contributed by atoms with E-state index in [1.807, 2.05) is 12.1 Å². The number of carbonyl (C=O) groups excluding carboxylic acids is 1. The molecular formula is C21H32FN3O. The molecule has 2 heterocycles. The monoisotopic (exact) mass is 361 g/mol. The number of benzene rings is 1. The van der Waals surface area contributed by atoms with Crippen LogP contribution in [0.15, 0.2) is 24.3 Å². The summed E-state index contributed by atoms with van der Waals surface area (Å²) >= 11 is 0. The quantitative estimate of drug-likeness (QED) is 0.824. The minimum Gasteiger partial charge on any atom is -0.336 e. The number of nitrogens with zero attached hydrogens (tertiary/aromatic N) is 3. The van der Waals surface area contributed by atoms with Crippen LogP contribution in [0.4, 0.5) is 4.39 Å². The van der Waals surface area contributed by atoms with E-state index in [-0.39, 0.29) is 11.7 Å². The van der Waals surface area contributed by atoms with Gasteiger partial charge >= 0.3 is 0 Å². The summed E-state index contributed by atoms with van der Waals surface area (Å²) in [6.45, 7) is 9.63. The summed E-state index contributed by atoms with van der Waals surface area (Å²) in [7, 11) is 0. The van der Waals surface area contributed by atoms with Crippen molar-refractivity contribution in [3.8, 4) is 0 Å². The Hall–Kier alpha value is -1.46. The van der Waals surface area contributed by atoms with Crippen LogP contribution in [0.2, 0.25) is 0 Å². The maximum atomic E-state index is 13.1. The van der Waals surface area contributed by atoms with Crippen LogP contribution in [-0.2, 0) is 11.3 Å². The Morgan fingerprint density at radius 3 is 2.27 bits per heavy atom. The first-order valence-corrected chi connectivity index (χ1v) is 10.0. The molecule has 1 aromatic rings. The molecule has 0 N–H and O–H groups in total. The molecular weight excluding hydrogens is 329 g/mol. The number of halogens is 1. The molecule has 2 saturated heterocycles. The Balaban J connectivity index is 1.50. The molecule has 4 nitrogen and oxygen atoms in total. The van der Waals surface area contributed by atoms with Crippen LogP contribution < -0.4 is 0 Å². The summed E-state index contributed by atoms with van der Waals surface area (Å²) < 4.78 is 13.1. The van der Waals surface area contributed by atoms with Crippen molar-refractivity contribution >= 4 is 5.91 Å². The van der Waals surface area contributed by atoms with E-state index in [1.165, 1.54) is 18.6 Å². The molecule has 3 rings (SSSR count). The van der Waals surface area contributed by atoms with Crippen molar-refractivity contribution < 1.29 is 9.18 Å². The molecule has 0 bridgehead atoms. The second-order valence-electron chi connectivity index (χ2n) is 7.96. The van der Waals surface area contributed by atoms with Gasteiger partial charge in [0.15, 0.2) is 0 Å². The molecule has 0 spiro atoms. The summed E-state index contributed by atoms with van der Waals surface area (Å²) in [4.78, 5) is 19.7. The number of piperidine rings is 1. The summed E-state index contributed by atoms with van der Waals surface area (Å²) in [5, 5.41) is 0. The number of hydrogen-bond donors (Lipinski definition) is 0. The van der Waals surface area contributed by atoms with Gasteiger partial charge in [-0.15, -0.1) is 0 Å². The van der Waals surface area contributed by atoms with Gasteiger partial charge in [-0.3, -0.25) is 14.6 Å². The summed E-state index contributed by atoms with van der Waals surface area (Å²) in [5.41, 5.74) is 1.15. The van der Waals surface area contributed by atoms with Gasteiger partial charge < -0.3 is 4.90 Å². The van der Waals surface area contributed by atoms with Crippen molar-refractivity contribution in [1.82, 2.24) is 14.7 Å². The van der Waals surface area contributed by atoms with Crippen molar-refractivity contribution in [2.75, 3.05) is 32.7 Å². The molecule has 0 radical (unpaired) electrons. The Morgan fingerprint density at radius 2 is 1.58 bits per heavy atom. The smallest absolute Gasteiger partial charge is 0.237 e. The number of likely N-dealkylation sites (tertiary alicyclic amines) is 1. The zero-order chi connectivity index (χ0) is 18.5. The number of hydrogen-bond acceptors (Lipinski definition) is 3.